The molecule has 1 saturated heterocycles. The monoisotopic (exact) mass is 535 g/mol. The predicted octanol–water partition coefficient (Wildman–Crippen LogP) is 0.783. The molecule has 1 fully saturated rings. The molecule has 0 spiro atoms. The average molecular weight is 536 g/mol. The van der Waals surface area contributed by atoms with Crippen molar-refractivity contribution in [1.29, 1.82) is 0 Å². The Balaban J connectivity index is 1.51. The number of aliphatic hydroxyl groups is 1. The first-order chi connectivity index (χ1) is 19.0. The van der Waals surface area contributed by atoms with Gasteiger partial charge in [0.15, 0.2) is 22.8 Å². The Kier molecular flexibility index (Phi) is 7.76. The van der Waals surface area contributed by atoms with E-state index in [1.165, 1.54) is 12.4 Å². The molecule has 0 radical (unpaired) electrons. The largest absolute Gasteiger partial charge is 0.491 e. The summed E-state index contributed by atoms with van der Waals surface area (Å²) in [4.78, 5) is 38.7. The third kappa shape index (κ3) is 5.57. The summed E-state index contributed by atoms with van der Waals surface area (Å²) in [7, 11) is 3.72. The molecular weight excluding hydrogens is 506 g/mol. The first-order valence-electron chi connectivity index (χ1n) is 12.4. The van der Waals surface area contributed by atoms with Crippen molar-refractivity contribution < 1.29 is 24.6 Å². The van der Waals surface area contributed by atoms with Gasteiger partial charge in [0, 0.05) is 45.1 Å². The van der Waals surface area contributed by atoms with Crippen molar-refractivity contribution >= 4 is 28.8 Å². The molecule has 0 aliphatic carbocycles. The predicted molar refractivity (Wildman–Crippen MR) is 141 cm³/mol. The maximum absolute atomic E-state index is 11.6. The van der Waals surface area contributed by atoms with Gasteiger partial charge in [-0.3, -0.25) is 10.0 Å². The zero-order chi connectivity index (χ0) is 27.4. The minimum Gasteiger partial charge on any atom is -0.491 e. The van der Waals surface area contributed by atoms with Gasteiger partial charge in [-0.1, -0.05) is 12.1 Å². The molecule has 0 saturated carbocycles. The van der Waals surface area contributed by atoms with E-state index in [4.69, 9.17) is 34.7 Å². The van der Waals surface area contributed by atoms with Crippen LogP contribution in [0.3, 0.4) is 0 Å². The van der Waals surface area contributed by atoms with Gasteiger partial charge < -0.3 is 28.9 Å². The van der Waals surface area contributed by atoms with Crippen molar-refractivity contribution in [3.8, 4) is 17.1 Å². The van der Waals surface area contributed by atoms with Crippen LogP contribution in [0.4, 0.5) is 11.8 Å². The van der Waals surface area contributed by atoms with Gasteiger partial charge in [0.25, 0.3) is 5.91 Å². The molecule has 3 aromatic heterocycles. The lowest BCUT2D eigenvalue weighted by Crippen LogP contribution is -2.37. The van der Waals surface area contributed by atoms with Gasteiger partial charge in [0.1, 0.15) is 18.2 Å². The fraction of sp³-hybridized carbons (Fsp3) is 0.360. The molecule has 0 unspecified atom stereocenters. The number of hydrogen-bond donors (Lipinski definition) is 3. The zero-order valence-corrected chi connectivity index (χ0v) is 21.6. The molecule has 39 heavy (non-hydrogen) atoms. The summed E-state index contributed by atoms with van der Waals surface area (Å²) in [5, 5.41) is 17.9. The first-order valence-corrected chi connectivity index (χ1v) is 12.4. The fourth-order valence-corrected chi connectivity index (χ4v) is 4.23. The summed E-state index contributed by atoms with van der Waals surface area (Å²) in [6.07, 6.45) is 2.68. The Morgan fingerprint density at radius 2 is 1.95 bits per heavy atom. The number of nitrogens with one attached hydrogen (secondary N) is 1. The summed E-state index contributed by atoms with van der Waals surface area (Å²) in [5.41, 5.74) is 3.83. The summed E-state index contributed by atoms with van der Waals surface area (Å²) in [5.74, 6) is 2.29. The van der Waals surface area contributed by atoms with E-state index in [1.54, 1.807) is 10.4 Å². The van der Waals surface area contributed by atoms with Gasteiger partial charge in [0.05, 0.1) is 31.9 Å². The third-order valence-corrected chi connectivity index (χ3v) is 6.28. The quantitative estimate of drug-likeness (QED) is 0.204. The van der Waals surface area contributed by atoms with Crippen LogP contribution in [0.2, 0.25) is 0 Å². The Bertz CT molecular complexity index is 1450. The topological polar surface area (TPSA) is 164 Å². The lowest BCUT2D eigenvalue weighted by Gasteiger charge is -2.28. The number of fused-ring (bicyclic) bond motifs is 1. The normalized spacial score (nSPS) is 13.5. The lowest BCUT2D eigenvalue weighted by molar-refractivity contribution is 0.0705. The molecular formula is C25H29N9O5. The number of aliphatic hydroxyl groups excluding tert-OH is 1. The summed E-state index contributed by atoms with van der Waals surface area (Å²) < 4.78 is 13.1. The highest BCUT2D eigenvalue weighted by Gasteiger charge is 2.23. The zero-order valence-electron chi connectivity index (χ0n) is 21.6. The van der Waals surface area contributed by atoms with Crippen LogP contribution in [0.15, 0.2) is 36.7 Å². The van der Waals surface area contributed by atoms with Crippen LogP contribution in [-0.4, -0.2) is 92.3 Å². The molecule has 0 bridgehead atoms. The average Bonchev–Trinajstić information content (AvgIpc) is 3.30. The molecule has 14 nitrogen and oxygen atoms in total. The molecule has 1 aromatic carbocycles. The van der Waals surface area contributed by atoms with E-state index in [-0.39, 0.29) is 18.8 Å². The van der Waals surface area contributed by atoms with E-state index in [0.717, 1.165) is 11.4 Å². The van der Waals surface area contributed by atoms with Crippen LogP contribution in [0.5, 0.6) is 5.75 Å². The SMILES string of the molecule is CN(Cc1nc2c(N3CCOCC3)nc(-c3cccc(OCCO)c3)nc2n1C)c1ncc(C(=O)NO)cn1. The number of hydroxylamine groups is 1. The highest BCUT2D eigenvalue weighted by atomic mass is 16.5. The van der Waals surface area contributed by atoms with Gasteiger partial charge in [-0.15, -0.1) is 0 Å². The molecule has 14 heteroatoms. The van der Waals surface area contributed by atoms with Gasteiger partial charge in [-0.05, 0) is 12.1 Å². The number of rotatable bonds is 9. The van der Waals surface area contributed by atoms with Crippen LogP contribution in [-0.2, 0) is 18.3 Å². The number of ether oxygens (including phenoxy) is 2. The molecule has 204 valence electrons. The molecule has 1 amide bonds. The van der Waals surface area contributed by atoms with Crippen LogP contribution in [0.1, 0.15) is 16.2 Å². The van der Waals surface area contributed by atoms with E-state index in [0.29, 0.717) is 67.4 Å². The number of carbonyl (C=O) groups is 1. The number of nitrogens with zero attached hydrogens (tertiary/aromatic N) is 8. The second-order valence-electron chi connectivity index (χ2n) is 8.90. The van der Waals surface area contributed by atoms with Crippen molar-refractivity contribution in [2.75, 3.05) is 56.4 Å². The van der Waals surface area contributed by atoms with E-state index >= 15 is 0 Å². The van der Waals surface area contributed by atoms with Crippen molar-refractivity contribution in [2.24, 2.45) is 7.05 Å². The third-order valence-electron chi connectivity index (χ3n) is 6.28. The van der Waals surface area contributed by atoms with Crippen LogP contribution in [0.25, 0.3) is 22.6 Å². The van der Waals surface area contributed by atoms with Crippen molar-refractivity contribution in [1.82, 2.24) is 35.0 Å². The number of anilines is 2. The number of benzene rings is 1. The van der Waals surface area contributed by atoms with E-state index < -0.39 is 5.91 Å². The van der Waals surface area contributed by atoms with E-state index in [2.05, 4.69) is 14.9 Å². The molecule has 5 rings (SSSR count). The minimum atomic E-state index is -0.685. The van der Waals surface area contributed by atoms with Crippen molar-refractivity contribution in [3.05, 3.63) is 48.0 Å². The minimum absolute atomic E-state index is 0.0761. The Morgan fingerprint density at radius 1 is 1.18 bits per heavy atom. The number of aromatic nitrogens is 6. The maximum Gasteiger partial charge on any atom is 0.277 e. The molecule has 4 heterocycles. The lowest BCUT2D eigenvalue weighted by atomic mass is 10.2. The number of imidazole rings is 1. The van der Waals surface area contributed by atoms with Gasteiger partial charge in [-0.25, -0.2) is 30.4 Å². The highest BCUT2D eigenvalue weighted by Crippen LogP contribution is 2.30. The van der Waals surface area contributed by atoms with Crippen molar-refractivity contribution in [3.63, 3.8) is 0 Å². The summed E-state index contributed by atoms with van der Waals surface area (Å²) in [6, 6.07) is 7.45. The first kappa shape index (κ1) is 26.2. The number of amides is 1. The second-order valence-corrected chi connectivity index (χ2v) is 8.90. The Labute approximate surface area is 223 Å². The molecule has 3 N–H and O–H groups in total. The highest BCUT2D eigenvalue weighted by molar-refractivity contribution is 5.92. The van der Waals surface area contributed by atoms with Crippen LogP contribution < -0.4 is 20.0 Å². The van der Waals surface area contributed by atoms with Crippen LogP contribution in [0, 0.1) is 0 Å². The second kappa shape index (κ2) is 11.6. The standard InChI is InChI=1S/C25H29N9O5/c1-32(25-26-13-17(14-27-25)24(36)31-37)15-19-28-20-22(33(19)2)29-21(30-23(20)34-6-9-38-10-7-34)16-4-3-5-18(12-16)39-11-8-35/h3-5,12-14,35,37H,6-11,15H2,1-2H3,(H,31,36). The van der Waals surface area contributed by atoms with Gasteiger partial charge in [-0.2, -0.15) is 0 Å². The van der Waals surface area contributed by atoms with Crippen LogP contribution >= 0.6 is 0 Å². The number of hydrogen-bond acceptors (Lipinski definition) is 12. The molecule has 4 aromatic rings. The van der Waals surface area contributed by atoms with E-state index in [9.17, 15) is 4.79 Å². The maximum atomic E-state index is 11.6. The smallest absolute Gasteiger partial charge is 0.277 e. The van der Waals surface area contributed by atoms with E-state index in [1.807, 2.05) is 42.9 Å². The Hall–Kier alpha value is -4.40. The van der Waals surface area contributed by atoms with Crippen molar-refractivity contribution in [2.45, 2.75) is 6.54 Å². The number of morpholine rings is 1. The molecule has 1 aliphatic heterocycles. The number of aryl methyl sites for hydroxylation is 1. The summed E-state index contributed by atoms with van der Waals surface area (Å²) in [6.45, 7) is 3.03. The fourth-order valence-electron chi connectivity index (χ4n) is 4.23. The summed E-state index contributed by atoms with van der Waals surface area (Å²) >= 11 is 0. The van der Waals surface area contributed by atoms with Gasteiger partial charge >= 0.3 is 0 Å². The van der Waals surface area contributed by atoms with Gasteiger partial charge in [0.2, 0.25) is 5.95 Å². The molecule has 1 aliphatic rings. The Morgan fingerprint density at radius 3 is 2.67 bits per heavy atom. The number of carbonyl (C=O) groups excluding carboxylic acids is 1. The molecule has 0 atom stereocenters.